The van der Waals surface area contributed by atoms with Gasteiger partial charge in [0.25, 0.3) is 0 Å². The molecule has 0 aliphatic heterocycles. The number of aromatic nitrogens is 1. The average Bonchev–Trinajstić information content (AvgIpc) is 2.23. The molecule has 0 unspecified atom stereocenters. The Balaban J connectivity index is 2.71. The predicted octanol–water partition coefficient (Wildman–Crippen LogP) is 2.96. The number of methoxy groups -OCH3 is 1. The van der Waals surface area contributed by atoms with E-state index in [9.17, 15) is 4.79 Å². The van der Waals surface area contributed by atoms with Crippen LogP contribution in [-0.2, 0) is 9.53 Å². The van der Waals surface area contributed by atoms with Crippen molar-refractivity contribution in [1.29, 1.82) is 0 Å². The second kappa shape index (κ2) is 5.73. The van der Waals surface area contributed by atoms with Gasteiger partial charge >= 0.3 is 5.97 Å². The lowest BCUT2D eigenvalue weighted by Crippen LogP contribution is -1.96. The van der Waals surface area contributed by atoms with Crippen molar-refractivity contribution in [3.8, 4) is 0 Å². The summed E-state index contributed by atoms with van der Waals surface area (Å²) in [5, 5.41) is 0.845. The van der Waals surface area contributed by atoms with Crippen LogP contribution in [0.5, 0.6) is 0 Å². The largest absolute Gasteiger partial charge is 0.469 e. The summed E-state index contributed by atoms with van der Waals surface area (Å²) in [6, 6.07) is 1.67. The molecule has 0 aromatic carbocycles. The first-order valence-electron chi connectivity index (χ1n) is 4.18. The first-order valence-corrected chi connectivity index (χ1v) is 4.93. The first-order chi connectivity index (χ1) is 7.13. The third kappa shape index (κ3) is 3.90. The average molecular weight is 246 g/mol. The van der Waals surface area contributed by atoms with E-state index in [0.29, 0.717) is 15.7 Å². The topological polar surface area (TPSA) is 39.2 Å². The van der Waals surface area contributed by atoms with Crippen LogP contribution in [0.2, 0.25) is 10.2 Å². The minimum absolute atomic E-state index is 0.194. The number of hydrogen-bond donors (Lipinski definition) is 0. The van der Waals surface area contributed by atoms with Crippen LogP contribution in [0.3, 0.4) is 0 Å². The van der Waals surface area contributed by atoms with Crippen LogP contribution in [0.1, 0.15) is 12.0 Å². The number of halogens is 2. The van der Waals surface area contributed by atoms with Crippen molar-refractivity contribution in [3.05, 3.63) is 34.1 Å². The van der Waals surface area contributed by atoms with Crippen LogP contribution in [0.15, 0.2) is 18.3 Å². The fraction of sp³-hybridized carbons (Fsp3) is 0.200. The molecule has 0 atom stereocenters. The lowest BCUT2D eigenvalue weighted by molar-refractivity contribution is -0.139. The Hall–Kier alpha value is -1.06. The van der Waals surface area contributed by atoms with E-state index in [-0.39, 0.29) is 12.4 Å². The van der Waals surface area contributed by atoms with Crippen molar-refractivity contribution >= 4 is 35.2 Å². The number of carbonyl (C=O) groups is 1. The number of hydrogen-bond acceptors (Lipinski definition) is 3. The van der Waals surface area contributed by atoms with Gasteiger partial charge in [-0.3, -0.25) is 4.79 Å². The summed E-state index contributed by atoms with van der Waals surface area (Å²) in [7, 11) is 1.34. The monoisotopic (exact) mass is 245 g/mol. The molecule has 0 radical (unpaired) electrons. The third-order valence-electron chi connectivity index (χ3n) is 1.64. The van der Waals surface area contributed by atoms with E-state index in [1.54, 1.807) is 18.2 Å². The zero-order chi connectivity index (χ0) is 11.3. The first kappa shape index (κ1) is 12.0. The standard InChI is InChI=1S/C10H9Cl2NO2/c1-15-9(14)4-2-3-7-5-8(11)6-13-10(7)12/h2-3,5-6H,4H2,1H3. The van der Waals surface area contributed by atoms with E-state index in [4.69, 9.17) is 23.2 Å². The highest BCUT2D eigenvalue weighted by molar-refractivity contribution is 6.33. The Morgan fingerprint density at radius 1 is 1.60 bits per heavy atom. The van der Waals surface area contributed by atoms with Gasteiger partial charge in [-0.15, -0.1) is 0 Å². The molecule has 0 amide bonds. The summed E-state index contributed by atoms with van der Waals surface area (Å²) < 4.78 is 4.48. The quantitative estimate of drug-likeness (QED) is 0.608. The van der Waals surface area contributed by atoms with Gasteiger partial charge in [-0.1, -0.05) is 35.4 Å². The second-order valence-corrected chi connectivity index (χ2v) is 3.51. The van der Waals surface area contributed by atoms with E-state index < -0.39 is 0 Å². The smallest absolute Gasteiger partial charge is 0.309 e. The molecule has 80 valence electrons. The summed E-state index contributed by atoms with van der Waals surface area (Å²) >= 11 is 11.5. The van der Waals surface area contributed by atoms with Crippen LogP contribution < -0.4 is 0 Å². The highest BCUT2D eigenvalue weighted by atomic mass is 35.5. The molecule has 15 heavy (non-hydrogen) atoms. The molecule has 0 aliphatic carbocycles. The summed E-state index contributed by atoms with van der Waals surface area (Å²) in [5.74, 6) is -0.308. The molecule has 1 rings (SSSR count). The van der Waals surface area contributed by atoms with Crippen molar-refractivity contribution in [2.75, 3.05) is 7.11 Å². The second-order valence-electron chi connectivity index (χ2n) is 2.72. The van der Waals surface area contributed by atoms with Gasteiger partial charge < -0.3 is 4.74 Å². The van der Waals surface area contributed by atoms with E-state index in [1.165, 1.54) is 13.3 Å². The number of ether oxygens (including phenoxy) is 1. The van der Waals surface area contributed by atoms with Crippen LogP contribution in [0, 0.1) is 0 Å². The Morgan fingerprint density at radius 3 is 3.00 bits per heavy atom. The van der Waals surface area contributed by atoms with Crippen LogP contribution in [-0.4, -0.2) is 18.1 Å². The maximum atomic E-state index is 10.8. The summed E-state index contributed by atoms with van der Waals surface area (Å²) in [6.45, 7) is 0. The zero-order valence-electron chi connectivity index (χ0n) is 8.04. The van der Waals surface area contributed by atoms with Gasteiger partial charge in [0.15, 0.2) is 0 Å². The SMILES string of the molecule is COC(=O)CC=Cc1cc(Cl)cnc1Cl. The molecule has 0 aliphatic rings. The highest BCUT2D eigenvalue weighted by Crippen LogP contribution is 2.18. The Bertz CT molecular complexity index is 391. The van der Waals surface area contributed by atoms with E-state index >= 15 is 0 Å². The maximum absolute atomic E-state index is 10.8. The minimum Gasteiger partial charge on any atom is -0.469 e. The van der Waals surface area contributed by atoms with Gasteiger partial charge in [0.1, 0.15) is 5.15 Å². The van der Waals surface area contributed by atoms with Gasteiger partial charge in [0.05, 0.1) is 18.6 Å². The number of rotatable bonds is 3. The molecule has 0 bridgehead atoms. The third-order valence-corrected chi connectivity index (χ3v) is 2.16. The Morgan fingerprint density at radius 2 is 2.33 bits per heavy atom. The predicted molar refractivity (Wildman–Crippen MR) is 59.9 cm³/mol. The normalized spacial score (nSPS) is 10.6. The van der Waals surface area contributed by atoms with Gasteiger partial charge in [0, 0.05) is 11.8 Å². The van der Waals surface area contributed by atoms with E-state index in [1.807, 2.05) is 0 Å². The molecule has 1 heterocycles. The molecule has 0 spiro atoms. The van der Waals surface area contributed by atoms with Gasteiger partial charge in [0.2, 0.25) is 0 Å². The molecule has 5 heteroatoms. The molecule has 0 saturated carbocycles. The fourth-order valence-electron chi connectivity index (χ4n) is 0.921. The summed E-state index contributed by atoms with van der Waals surface area (Å²) in [6.07, 6.45) is 4.98. The van der Waals surface area contributed by atoms with Crippen molar-refractivity contribution in [3.63, 3.8) is 0 Å². The molecule has 0 N–H and O–H groups in total. The molecule has 0 saturated heterocycles. The van der Waals surface area contributed by atoms with Crippen LogP contribution in [0.4, 0.5) is 0 Å². The van der Waals surface area contributed by atoms with E-state index in [0.717, 1.165) is 0 Å². The maximum Gasteiger partial charge on any atom is 0.309 e. The molecular weight excluding hydrogens is 237 g/mol. The number of carbonyl (C=O) groups excluding carboxylic acids is 1. The lowest BCUT2D eigenvalue weighted by Gasteiger charge is -1.97. The Kier molecular flexibility index (Phi) is 4.59. The van der Waals surface area contributed by atoms with Crippen molar-refractivity contribution in [2.45, 2.75) is 6.42 Å². The highest BCUT2D eigenvalue weighted by Gasteiger charge is 1.99. The Labute approximate surface area is 97.7 Å². The number of pyridine rings is 1. The van der Waals surface area contributed by atoms with Gasteiger partial charge in [-0.25, -0.2) is 4.98 Å². The van der Waals surface area contributed by atoms with Crippen molar-refractivity contribution < 1.29 is 9.53 Å². The van der Waals surface area contributed by atoms with Gasteiger partial charge in [-0.2, -0.15) is 0 Å². The molecule has 1 aromatic heterocycles. The fourth-order valence-corrected chi connectivity index (χ4v) is 1.25. The number of esters is 1. The van der Waals surface area contributed by atoms with E-state index in [2.05, 4.69) is 9.72 Å². The summed E-state index contributed by atoms with van der Waals surface area (Å²) in [4.78, 5) is 14.7. The lowest BCUT2D eigenvalue weighted by atomic mass is 10.2. The van der Waals surface area contributed by atoms with Gasteiger partial charge in [-0.05, 0) is 6.07 Å². The zero-order valence-corrected chi connectivity index (χ0v) is 9.55. The van der Waals surface area contributed by atoms with Crippen LogP contribution in [0.25, 0.3) is 6.08 Å². The molecular formula is C10H9Cl2NO2. The molecule has 1 aromatic rings. The number of nitrogens with zero attached hydrogens (tertiary/aromatic N) is 1. The molecule has 3 nitrogen and oxygen atoms in total. The summed E-state index contributed by atoms with van der Waals surface area (Å²) in [5.41, 5.74) is 0.674. The van der Waals surface area contributed by atoms with Crippen molar-refractivity contribution in [2.24, 2.45) is 0 Å². The molecule has 0 fully saturated rings. The van der Waals surface area contributed by atoms with Crippen LogP contribution >= 0.6 is 23.2 Å². The minimum atomic E-state index is -0.308. The van der Waals surface area contributed by atoms with Crippen molar-refractivity contribution in [1.82, 2.24) is 4.98 Å².